The molecule has 4 heterocycles. The normalized spacial score (nSPS) is 21.9. The number of fused-ring (bicyclic) bond motifs is 1. The van der Waals surface area contributed by atoms with Gasteiger partial charge in [0.2, 0.25) is 0 Å². The van der Waals surface area contributed by atoms with Crippen LogP contribution >= 0.6 is 22.9 Å². The Labute approximate surface area is 245 Å². The van der Waals surface area contributed by atoms with Crippen LogP contribution in [0.2, 0.25) is 5.02 Å². The van der Waals surface area contributed by atoms with Crippen molar-refractivity contribution in [1.82, 2.24) is 25.0 Å². The van der Waals surface area contributed by atoms with Crippen molar-refractivity contribution in [3.05, 3.63) is 62.5 Å². The second-order valence-electron chi connectivity index (χ2n) is 10.1. The third kappa shape index (κ3) is 5.92. The minimum atomic E-state index is -0.947. The fourth-order valence-electron chi connectivity index (χ4n) is 5.35. The molecule has 1 aromatic carbocycles. The average molecular weight is 605 g/mol. The molecule has 14 heteroatoms. The summed E-state index contributed by atoms with van der Waals surface area (Å²) in [5.74, 6) is -2.41. The van der Waals surface area contributed by atoms with Gasteiger partial charge in [0.15, 0.2) is 10.8 Å². The molecule has 0 spiro atoms. The number of piperazine rings is 1. The molecule has 0 bridgehead atoms. The van der Waals surface area contributed by atoms with E-state index in [1.54, 1.807) is 41.3 Å². The van der Waals surface area contributed by atoms with Crippen molar-refractivity contribution >= 4 is 46.7 Å². The molecule has 3 aliphatic heterocycles. The molecular formula is C27H30ClFN6O5S. The number of thiazole rings is 1. The Morgan fingerprint density at radius 3 is 2.83 bits per heavy atom. The number of aromatic nitrogens is 1. The van der Waals surface area contributed by atoms with E-state index in [1.165, 1.54) is 23.5 Å². The number of carboxylic acid groups (broad SMARTS) is 1. The SMILES string of the molecule is CCOC(=O)C1=C(CN2CCN3C(=O)N(CC(C)C(=O)O)C[C@@H]3C2)NC(c2nccs2)=N[C@H]1c1cccc(F)c1Cl. The van der Waals surface area contributed by atoms with E-state index in [-0.39, 0.29) is 35.8 Å². The first kappa shape index (κ1) is 29.0. The molecule has 3 atom stereocenters. The van der Waals surface area contributed by atoms with Crippen molar-refractivity contribution in [3.63, 3.8) is 0 Å². The number of carbonyl (C=O) groups is 3. The Bertz CT molecular complexity index is 1400. The maximum atomic E-state index is 14.5. The Morgan fingerprint density at radius 2 is 2.12 bits per heavy atom. The van der Waals surface area contributed by atoms with E-state index in [1.807, 2.05) is 0 Å². The van der Waals surface area contributed by atoms with Crippen LogP contribution in [0.25, 0.3) is 0 Å². The number of hydrogen-bond donors (Lipinski definition) is 2. The van der Waals surface area contributed by atoms with Gasteiger partial charge in [-0.15, -0.1) is 11.3 Å². The number of halogens is 2. The summed E-state index contributed by atoms with van der Waals surface area (Å²) < 4.78 is 20.0. The molecule has 0 aliphatic carbocycles. The molecule has 0 saturated carbocycles. The van der Waals surface area contributed by atoms with Crippen LogP contribution in [-0.4, -0.2) is 101 Å². The molecule has 0 radical (unpaired) electrons. The lowest BCUT2D eigenvalue weighted by atomic mass is 9.95. The second kappa shape index (κ2) is 12.1. The van der Waals surface area contributed by atoms with E-state index in [9.17, 15) is 23.9 Å². The number of amidine groups is 1. The van der Waals surface area contributed by atoms with E-state index in [4.69, 9.17) is 21.3 Å². The summed E-state index contributed by atoms with van der Waals surface area (Å²) in [7, 11) is 0. The minimum absolute atomic E-state index is 0.128. The van der Waals surface area contributed by atoms with Crippen LogP contribution in [0.1, 0.15) is 30.5 Å². The van der Waals surface area contributed by atoms with Crippen molar-refractivity contribution < 1.29 is 28.6 Å². The molecule has 1 unspecified atom stereocenters. The van der Waals surface area contributed by atoms with Gasteiger partial charge >= 0.3 is 18.0 Å². The summed E-state index contributed by atoms with van der Waals surface area (Å²) in [6.07, 6.45) is 1.64. The van der Waals surface area contributed by atoms with Crippen molar-refractivity contribution in [1.29, 1.82) is 0 Å². The third-order valence-corrected chi connectivity index (χ3v) is 8.52. The highest BCUT2D eigenvalue weighted by Gasteiger charge is 2.42. The quantitative estimate of drug-likeness (QED) is 0.418. The second-order valence-corrected chi connectivity index (χ2v) is 11.4. The molecule has 5 rings (SSSR count). The summed E-state index contributed by atoms with van der Waals surface area (Å²) in [6.45, 7) is 5.78. The van der Waals surface area contributed by atoms with Gasteiger partial charge in [-0.3, -0.25) is 14.7 Å². The van der Waals surface area contributed by atoms with Crippen LogP contribution in [-0.2, 0) is 14.3 Å². The van der Waals surface area contributed by atoms with Crippen LogP contribution in [0.15, 0.2) is 46.0 Å². The van der Waals surface area contributed by atoms with Crippen LogP contribution < -0.4 is 5.32 Å². The number of carboxylic acids is 1. The average Bonchev–Trinajstić information content (AvgIpc) is 3.58. The molecule has 2 saturated heterocycles. The highest BCUT2D eigenvalue weighted by atomic mass is 35.5. The zero-order chi connectivity index (χ0) is 29.3. The van der Waals surface area contributed by atoms with Crippen molar-refractivity contribution in [3.8, 4) is 0 Å². The zero-order valence-electron chi connectivity index (χ0n) is 22.5. The molecular weight excluding hydrogens is 575 g/mol. The van der Waals surface area contributed by atoms with Gasteiger partial charge in [0.1, 0.15) is 11.9 Å². The van der Waals surface area contributed by atoms with Gasteiger partial charge in [-0.1, -0.05) is 30.7 Å². The van der Waals surface area contributed by atoms with Gasteiger partial charge < -0.3 is 25.0 Å². The van der Waals surface area contributed by atoms with Gasteiger partial charge in [-0.25, -0.2) is 19.0 Å². The smallest absolute Gasteiger partial charge is 0.338 e. The lowest BCUT2D eigenvalue weighted by Crippen LogP contribution is -2.53. The van der Waals surface area contributed by atoms with Crippen LogP contribution in [0.5, 0.6) is 0 Å². The Kier molecular flexibility index (Phi) is 8.57. The number of nitrogens with one attached hydrogen (secondary N) is 1. The molecule has 2 fully saturated rings. The fourth-order valence-corrected chi connectivity index (χ4v) is 6.16. The number of rotatable bonds is 9. The van der Waals surface area contributed by atoms with Gasteiger partial charge in [-0.2, -0.15) is 0 Å². The highest BCUT2D eigenvalue weighted by Crippen LogP contribution is 2.37. The molecule has 2 N–H and O–H groups in total. The van der Waals surface area contributed by atoms with Crippen LogP contribution in [0, 0.1) is 11.7 Å². The minimum Gasteiger partial charge on any atom is -0.481 e. The summed E-state index contributed by atoms with van der Waals surface area (Å²) >= 11 is 7.75. The van der Waals surface area contributed by atoms with Gasteiger partial charge in [0.05, 0.1) is 29.2 Å². The Morgan fingerprint density at radius 1 is 1.32 bits per heavy atom. The lowest BCUT2D eigenvalue weighted by molar-refractivity contribution is -0.141. The van der Waals surface area contributed by atoms with E-state index < -0.39 is 29.7 Å². The molecule has 3 aliphatic rings. The van der Waals surface area contributed by atoms with Crippen LogP contribution in [0.3, 0.4) is 0 Å². The van der Waals surface area contributed by atoms with Gasteiger partial charge in [-0.05, 0) is 13.0 Å². The lowest BCUT2D eigenvalue weighted by Gasteiger charge is -2.38. The topological polar surface area (TPSA) is 128 Å². The number of esters is 1. The van der Waals surface area contributed by atoms with E-state index in [0.717, 1.165) is 0 Å². The van der Waals surface area contributed by atoms with E-state index in [0.29, 0.717) is 54.8 Å². The summed E-state index contributed by atoms with van der Waals surface area (Å²) in [4.78, 5) is 52.3. The number of aliphatic imine (C=N–C) groups is 1. The number of carbonyl (C=O) groups excluding carboxylic acids is 2. The monoisotopic (exact) mass is 604 g/mol. The number of benzene rings is 1. The Balaban J connectivity index is 1.46. The van der Waals surface area contributed by atoms with Gasteiger partial charge in [0.25, 0.3) is 0 Å². The number of hydrogen-bond acceptors (Lipinski definition) is 9. The maximum absolute atomic E-state index is 14.5. The molecule has 2 aromatic rings. The standard InChI is InChI=1S/C27H30ClFN6O5S/c1-3-40-26(38)20-19(14-33-8-9-35-16(12-33)13-34(27(35)39)11-15(2)25(36)37)31-23(24-30-7-10-41-24)32-22(20)17-5-4-6-18(29)21(17)28/h4-7,10,15-16,22H,3,8-9,11-14H2,1-2H3,(H,31,32)(H,36,37)/t15?,16-,22-/m0/s1. The van der Waals surface area contributed by atoms with Crippen molar-refractivity contribution in [2.45, 2.75) is 25.9 Å². The molecule has 11 nitrogen and oxygen atoms in total. The van der Waals surface area contributed by atoms with Crippen molar-refractivity contribution in [2.75, 3.05) is 45.9 Å². The van der Waals surface area contributed by atoms with Crippen LogP contribution in [0.4, 0.5) is 9.18 Å². The fraction of sp³-hybridized carbons (Fsp3) is 0.444. The first-order valence-corrected chi connectivity index (χ1v) is 14.5. The predicted octanol–water partition coefficient (Wildman–Crippen LogP) is 2.99. The van der Waals surface area contributed by atoms with E-state index in [2.05, 4.69) is 15.2 Å². The summed E-state index contributed by atoms with van der Waals surface area (Å²) in [5, 5.41) is 14.9. The largest absolute Gasteiger partial charge is 0.481 e. The Hall–Kier alpha value is -3.55. The number of nitrogens with zero attached hydrogens (tertiary/aromatic N) is 5. The number of aliphatic carboxylic acids is 1. The predicted molar refractivity (Wildman–Crippen MR) is 150 cm³/mol. The highest BCUT2D eigenvalue weighted by molar-refractivity contribution is 7.11. The zero-order valence-corrected chi connectivity index (χ0v) is 24.1. The summed E-state index contributed by atoms with van der Waals surface area (Å²) in [6, 6.07) is 3.17. The molecule has 218 valence electrons. The maximum Gasteiger partial charge on any atom is 0.338 e. The number of amides is 2. The first-order chi connectivity index (χ1) is 19.7. The third-order valence-electron chi connectivity index (χ3n) is 7.34. The van der Waals surface area contributed by atoms with Crippen molar-refractivity contribution in [2.24, 2.45) is 10.9 Å². The molecule has 41 heavy (non-hydrogen) atoms. The number of ether oxygens (including phenoxy) is 1. The molecule has 1 aromatic heterocycles. The summed E-state index contributed by atoms with van der Waals surface area (Å²) in [5.41, 5.74) is 1.08. The van der Waals surface area contributed by atoms with Gasteiger partial charge in [0, 0.05) is 62.1 Å². The number of urea groups is 1. The molecule has 2 amide bonds. The first-order valence-electron chi connectivity index (χ1n) is 13.3. The van der Waals surface area contributed by atoms with E-state index >= 15 is 0 Å².